The van der Waals surface area contributed by atoms with E-state index < -0.39 is 16.9 Å². The zero-order valence-corrected chi connectivity index (χ0v) is 9.36. The summed E-state index contributed by atoms with van der Waals surface area (Å²) in [5, 5.41) is 9.12. The molecule has 0 aliphatic rings. The summed E-state index contributed by atoms with van der Waals surface area (Å²) in [7, 11) is 0. The predicted molar refractivity (Wildman–Crippen MR) is 52.3 cm³/mol. The van der Waals surface area contributed by atoms with Gasteiger partial charge in [0.25, 0.3) is 0 Å². The first-order chi connectivity index (χ1) is 6.65. The number of aliphatic carboxylic acids is 1. The Morgan fingerprint density at radius 2 is 2.00 bits per heavy atom. The van der Waals surface area contributed by atoms with Crippen LogP contribution >= 0.6 is 11.3 Å². The smallest absolute Gasteiger partial charge is 0.393 e. The molecule has 0 fully saturated rings. The molecular formula is C9H11F2NO2S. The fourth-order valence-electron chi connectivity index (χ4n) is 0.854. The van der Waals surface area contributed by atoms with Gasteiger partial charge in [-0.05, 0) is 0 Å². The maximum Gasteiger partial charge on any atom is 0.393 e. The van der Waals surface area contributed by atoms with Gasteiger partial charge < -0.3 is 5.11 Å². The number of hydrogen-bond acceptors (Lipinski definition) is 3. The number of hydrogen-bond donors (Lipinski definition) is 1. The third-order valence-corrected chi connectivity index (χ3v) is 2.72. The highest BCUT2D eigenvalue weighted by Crippen LogP contribution is 2.33. The number of nitrogens with zero attached hydrogens (tertiary/aromatic N) is 1. The number of thiazole rings is 1. The summed E-state index contributed by atoms with van der Waals surface area (Å²) in [5.41, 5.74) is 0.118. The Morgan fingerprint density at radius 1 is 1.47 bits per heavy atom. The monoisotopic (exact) mass is 235 g/mol. The third-order valence-electron chi connectivity index (χ3n) is 1.81. The van der Waals surface area contributed by atoms with Crippen LogP contribution < -0.4 is 0 Å². The average molecular weight is 235 g/mol. The van der Waals surface area contributed by atoms with Gasteiger partial charge in [0, 0.05) is 10.8 Å². The fraction of sp³-hybridized carbons (Fsp3) is 0.556. The zero-order chi connectivity index (χ0) is 11.9. The van der Waals surface area contributed by atoms with Crippen molar-refractivity contribution < 1.29 is 18.7 Å². The second-order valence-electron chi connectivity index (χ2n) is 4.17. The van der Waals surface area contributed by atoms with Crippen LogP contribution in [0.1, 0.15) is 31.5 Å². The number of carbonyl (C=O) groups is 1. The summed E-state index contributed by atoms with van der Waals surface area (Å²) in [4.78, 5) is 14.0. The van der Waals surface area contributed by atoms with Gasteiger partial charge in [-0.15, -0.1) is 11.3 Å². The van der Waals surface area contributed by atoms with Crippen molar-refractivity contribution in [3.8, 4) is 0 Å². The highest BCUT2D eigenvalue weighted by atomic mass is 32.1. The second-order valence-corrected chi connectivity index (χ2v) is 5.03. The summed E-state index contributed by atoms with van der Waals surface area (Å²) in [6.07, 6.45) is 0. The lowest BCUT2D eigenvalue weighted by Gasteiger charge is -2.14. The molecule has 0 aliphatic heterocycles. The molecule has 0 atom stereocenters. The Kier molecular flexibility index (Phi) is 2.82. The van der Waals surface area contributed by atoms with Gasteiger partial charge in [0.05, 0.1) is 5.69 Å². The van der Waals surface area contributed by atoms with E-state index in [1.54, 1.807) is 0 Å². The summed E-state index contributed by atoms with van der Waals surface area (Å²) in [6.45, 7) is 5.47. The van der Waals surface area contributed by atoms with E-state index >= 15 is 0 Å². The Balaban J connectivity index is 3.10. The van der Waals surface area contributed by atoms with Gasteiger partial charge >= 0.3 is 11.9 Å². The van der Waals surface area contributed by atoms with Crippen LogP contribution in [0.4, 0.5) is 8.78 Å². The highest BCUT2D eigenvalue weighted by Gasteiger charge is 2.44. The molecule has 0 bridgehead atoms. The minimum atomic E-state index is -3.89. The van der Waals surface area contributed by atoms with E-state index in [-0.39, 0.29) is 5.41 Å². The fourth-order valence-corrected chi connectivity index (χ4v) is 1.87. The van der Waals surface area contributed by atoms with Gasteiger partial charge in [0.2, 0.25) is 0 Å². The first kappa shape index (κ1) is 12.0. The van der Waals surface area contributed by atoms with Gasteiger partial charge in [0.1, 0.15) is 0 Å². The van der Waals surface area contributed by atoms with E-state index in [4.69, 9.17) is 5.11 Å². The summed E-state index contributed by atoms with van der Waals surface area (Å²) in [6, 6.07) is 0. The van der Waals surface area contributed by atoms with Crippen molar-refractivity contribution in [1.82, 2.24) is 4.98 Å². The lowest BCUT2D eigenvalue weighted by Crippen LogP contribution is -2.25. The molecule has 0 aromatic carbocycles. The number of alkyl halides is 2. The van der Waals surface area contributed by atoms with Crippen molar-refractivity contribution in [2.75, 3.05) is 0 Å². The maximum atomic E-state index is 13.0. The van der Waals surface area contributed by atoms with E-state index in [1.165, 1.54) is 5.38 Å². The van der Waals surface area contributed by atoms with Crippen molar-refractivity contribution in [2.45, 2.75) is 32.1 Å². The van der Waals surface area contributed by atoms with Crippen LogP contribution in [-0.4, -0.2) is 16.1 Å². The minimum absolute atomic E-state index is 0.358. The predicted octanol–water partition coefficient (Wildman–Crippen LogP) is 2.62. The molecule has 1 heterocycles. The summed E-state index contributed by atoms with van der Waals surface area (Å²) < 4.78 is 26.1. The molecule has 0 saturated heterocycles. The van der Waals surface area contributed by atoms with Crippen molar-refractivity contribution in [2.24, 2.45) is 0 Å². The topological polar surface area (TPSA) is 50.2 Å². The van der Waals surface area contributed by atoms with Crippen LogP contribution in [0.15, 0.2) is 5.38 Å². The molecule has 0 unspecified atom stereocenters. The lowest BCUT2D eigenvalue weighted by atomic mass is 9.93. The molecule has 0 aliphatic carbocycles. The number of carboxylic acid groups (broad SMARTS) is 1. The molecule has 0 spiro atoms. The normalized spacial score (nSPS) is 12.9. The average Bonchev–Trinajstić information content (AvgIpc) is 2.50. The van der Waals surface area contributed by atoms with Crippen LogP contribution in [0.2, 0.25) is 0 Å². The summed E-state index contributed by atoms with van der Waals surface area (Å²) in [5.74, 6) is -6.06. The Hall–Kier alpha value is -1.04. The maximum absolute atomic E-state index is 13.0. The molecule has 3 nitrogen and oxygen atoms in total. The van der Waals surface area contributed by atoms with E-state index in [1.807, 2.05) is 20.8 Å². The Labute approximate surface area is 89.8 Å². The molecule has 1 N–H and O–H groups in total. The van der Waals surface area contributed by atoms with Gasteiger partial charge in [-0.1, -0.05) is 20.8 Å². The van der Waals surface area contributed by atoms with Crippen molar-refractivity contribution in [1.29, 1.82) is 0 Å². The molecule has 1 aromatic rings. The van der Waals surface area contributed by atoms with E-state index in [9.17, 15) is 13.6 Å². The number of halogens is 2. The lowest BCUT2D eigenvalue weighted by molar-refractivity contribution is -0.166. The van der Waals surface area contributed by atoms with Crippen LogP contribution in [0.25, 0.3) is 0 Å². The molecule has 84 valence electrons. The van der Waals surface area contributed by atoms with Gasteiger partial charge in [-0.2, -0.15) is 8.78 Å². The minimum Gasteiger partial charge on any atom is -0.476 e. The molecular weight excluding hydrogens is 224 g/mol. The number of aromatic nitrogens is 1. The van der Waals surface area contributed by atoms with Gasteiger partial charge in [0.15, 0.2) is 5.01 Å². The zero-order valence-electron chi connectivity index (χ0n) is 8.54. The quantitative estimate of drug-likeness (QED) is 0.857. The van der Waals surface area contributed by atoms with Crippen molar-refractivity contribution in [3.05, 3.63) is 16.1 Å². The molecule has 0 saturated carbocycles. The van der Waals surface area contributed by atoms with E-state index in [0.29, 0.717) is 17.0 Å². The standard InChI is InChI=1S/C9H11F2NO2S/c1-8(2,3)5-4-15-6(12-5)9(10,11)7(13)14/h4H,1-3H3,(H,13,14). The van der Waals surface area contributed by atoms with Crippen LogP contribution in [0, 0.1) is 0 Å². The molecule has 0 radical (unpaired) electrons. The number of rotatable bonds is 2. The first-order valence-corrected chi connectivity index (χ1v) is 5.11. The molecule has 15 heavy (non-hydrogen) atoms. The molecule has 1 aromatic heterocycles. The Morgan fingerprint density at radius 3 is 2.33 bits per heavy atom. The molecule has 1 rings (SSSR count). The van der Waals surface area contributed by atoms with Crippen LogP contribution in [0.5, 0.6) is 0 Å². The van der Waals surface area contributed by atoms with Gasteiger partial charge in [-0.3, -0.25) is 0 Å². The Bertz CT molecular complexity index is 382. The van der Waals surface area contributed by atoms with E-state index in [0.717, 1.165) is 0 Å². The van der Waals surface area contributed by atoms with Crippen LogP contribution in [-0.2, 0) is 16.1 Å². The third kappa shape index (κ3) is 2.31. The second kappa shape index (κ2) is 3.52. The van der Waals surface area contributed by atoms with Crippen molar-refractivity contribution in [3.63, 3.8) is 0 Å². The van der Waals surface area contributed by atoms with Gasteiger partial charge in [-0.25, -0.2) is 9.78 Å². The molecule has 6 heteroatoms. The number of carboxylic acids is 1. The summed E-state index contributed by atoms with van der Waals surface area (Å²) >= 11 is 0.670. The SMILES string of the molecule is CC(C)(C)c1csc(C(F)(F)C(=O)O)n1. The van der Waals surface area contributed by atoms with Crippen molar-refractivity contribution >= 4 is 17.3 Å². The van der Waals surface area contributed by atoms with E-state index in [2.05, 4.69) is 4.98 Å². The highest BCUT2D eigenvalue weighted by molar-refractivity contribution is 7.10. The first-order valence-electron chi connectivity index (χ1n) is 4.23. The molecule has 0 amide bonds. The largest absolute Gasteiger partial charge is 0.476 e. The van der Waals surface area contributed by atoms with Crippen LogP contribution in [0.3, 0.4) is 0 Å².